The lowest BCUT2D eigenvalue weighted by Crippen LogP contribution is -2.44. The summed E-state index contributed by atoms with van der Waals surface area (Å²) < 4.78 is 5.31. The SMILES string of the molecule is CC(C)COC(=O)N1CCCN(C(C)C(=O)Nc2ccc(Cl)cc2Cl)CC1. The van der Waals surface area contributed by atoms with Gasteiger partial charge in [0.15, 0.2) is 0 Å². The van der Waals surface area contributed by atoms with Crippen molar-refractivity contribution >= 4 is 40.9 Å². The Labute approximate surface area is 170 Å². The monoisotopic (exact) mass is 415 g/mol. The molecule has 0 radical (unpaired) electrons. The number of amides is 2. The number of halogens is 2. The molecule has 1 saturated heterocycles. The van der Waals surface area contributed by atoms with E-state index in [4.69, 9.17) is 27.9 Å². The molecule has 1 unspecified atom stereocenters. The average Bonchev–Trinajstić information content (AvgIpc) is 2.87. The number of ether oxygens (including phenoxy) is 1. The van der Waals surface area contributed by atoms with Crippen molar-refractivity contribution in [2.75, 3.05) is 38.1 Å². The van der Waals surface area contributed by atoms with E-state index in [0.29, 0.717) is 47.9 Å². The molecule has 0 bridgehead atoms. The molecule has 0 aliphatic carbocycles. The zero-order valence-corrected chi connectivity index (χ0v) is 17.5. The Morgan fingerprint density at radius 3 is 2.56 bits per heavy atom. The number of rotatable bonds is 5. The molecule has 150 valence electrons. The molecule has 1 heterocycles. The second-order valence-electron chi connectivity index (χ2n) is 7.14. The molecule has 0 saturated carbocycles. The van der Waals surface area contributed by atoms with Crippen LogP contribution >= 0.6 is 23.2 Å². The quantitative estimate of drug-likeness (QED) is 0.785. The summed E-state index contributed by atoms with van der Waals surface area (Å²) in [6, 6.07) is 4.61. The summed E-state index contributed by atoms with van der Waals surface area (Å²) in [7, 11) is 0. The molecular formula is C19H27Cl2N3O3. The number of benzene rings is 1. The highest BCUT2D eigenvalue weighted by atomic mass is 35.5. The molecule has 1 aliphatic heterocycles. The highest BCUT2D eigenvalue weighted by Crippen LogP contribution is 2.25. The molecule has 1 aliphatic rings. The minimum atomic E-state index is -0.344. The second-order valence-corrected chi connectivity index (χ2v) is 7.98. The van der Waals surface area contributed by atoms with Gasteiger partial charge in [0.05, 0.1) is 23.4 Å². The van der Waals surface area contributed by atoms with Gasteiger partial charge in [0.2, 0.25) is 5.91 Å². The van der Waals surface area contributed by atoms with Gasteiger partial charge in [-0.3, -0.25) is 9.69 Å². The number of carbonyl (C=O) groups is 2. The Morgan fingerprint density at radius 2 is 1.89 bits per heavy atom. The lowest BCUT2D eigenvalue weighted by Gasteiger charge is -2.27. The van der Waals surface area contributed by atoms with Gasteiger partial charge >= 0.3 is 6.09 Å². The first-order chi connectivity index (χ1) is 12.8. The smallest absolute Gasteiger partial charge is 0.409 e. The van der Waals surface area contributed by atoms with Crippen LogP contribution in [0.5, 0.6) is 0 Å². The molecule has 1 fully saturated rings. The molecule has 1 aromatic rings. The van der Waals surface area contributed by atoms with Crippen molar-refractivity contribution in [2.24, 2.45) is 5.92 Å². The first kappa shape index (κ1) is 21.8. The van der Waals surface area contributed by atoms with Crippen LogP contribution in [-0.4, -0.2) is 60.6 Å². The summed E-state index contributed by atoms with van der Waals surface area (Å²) in [5.74, 6) is 0.163. The molecule has 8 heteroatoms. The number of nitrogens with zero attached hydrogens (tertiary/aromatic N) is 2. The Kier molecular flexibility index (Phi) is 8.20. The number of anilines is 1. The van der Waals surface area contributed by atoms with Crippen molar-refractivity contribution in [3.8, 4) is 0 Å². The third kappa shape index (κ3) is 6.55. The van der Waals surface area contributed by atoms with Gasteiger partial charge in [-0.15, -0.1) is 0 Å². The fourth-order valence-corrected chi connectivity index (χ4v) is 3.29. The van der Waals surface area contributed by atoms with Crippen LogP contribution < -0.4 is 5.32 Å². The lowest BCUT2D eigenvalue weighted by molar-refractivity contribution is -0.120. The van der Waals surface area contributed by atoms with Gasteiger partial charge < -0.3 is 15.0 Å². The van der Waals surface area contributed by atoms with E-state index in [0.717, 1.165) is 13.0 Å². The molecule has 0 aromatic heterocycles. The molecule has 1 atom stereocenters. The van der Waals surface area contributed by atoms with E-state index < -0.39 is 0 Å². The summed E-state index contributed by atoms with van der Waals surface area (Å²) in [5, 5.41) is 3.76. The van der Waals surface area contributed by atoms with Gasteiger partial charge in [-0.25, -0.2) is 4.79 Å². The molecule has 1 N–H and O–H groups in total. The van der Waals surface area contributed by atoms with Gasteiger partial charge in [-0.1, -0.05) is 37.0 Å². The van der Waals surface area contributed by atoms with Crippen LogP contribution in [0.1, 0.15) is 27.2 Å². The van der Waals surface area contributed by atoms with Crippen LogP contribution in [0, 0.1) is 5.92 Å². The van der Waals surface area contributed by atoms with E-state index in [9.17, 15) is 9.59 Å². The third-order valence-electron chi connectivity index (χ3n) is 4.44. The van der Waals surface area contributed by atoms with E-state index in [1.54, 1.807) is 23.1 Å². The average molecular weight is 416 g/mol. The minimum absolute atomic E-state index is 0.143. The first-order valence-corrected chi connectivity index (χ1v) is 9.95. The molecule has 6 nitrogen and oxygen atoms in total. The maximum atomic E-state index is 12.6. The zero-order chi connectivity index (χ0) is 20.0. The fourth-order valence-electron chi connectivity index (χ4n) is 2.83. The maximum absolute atomic E-state index is 12.6. The van der Waals surface area contributed by atoms with Crippen molar-refractivity contribution in [3.05, 3.63) is 28.2 Å². The molecular weight excluding hydrogens is 389 g/mol. The van der Waals surface area contributed by atoms with E-state index >= 15 is 0 Å². The van der Waals surface area contributed by atoms with Crippen molar-refractivity contribution in [1.29, 1.82) is 0 Å². The van der Waals surface area contributed by atoms with Gasteiger partial charge in [-0.2, -0.15) is 0 Å². The summed E-state index contributed by atoms with van der Waals surface area (Å²) in [4.78, 5) is 28.5. The molecule has 2 rings (SSSR count). The van der Waals surface area contributed by atoms with Gasteiger partial charge in [0.1, 0.15) is 0 Å². The molecule has 2 amide bonds. The van der Waals surface area contributed by atoms with Crippen LogP contribution in [-0.2, 0) is 9.53 Å². The normalized spacial score (nSPS) is 16.7. The van der Waals surface area contributed by atoms with Crippen molar-refractivity contribution in [1.82, 2.24) is 9.80 Å². The summed E-state index contributed by atoms with van der Waals surface area (Å²) >= 11 is 12.0. The molecule has 1 aromatic carbocycles. The summed E-state index contributed by atoms with van der Waals surface area (Å²) in [5.41, 5.74) is 0.534. The van der Waals surface area contributed by atoms with Crippen LogP contribution in [0.15, 0.2) is 18.2 Å². The van der Waals surface area contributed by atoms with Crippen LogP contribution in [0.3, 0.4) is 0 Å². The zero-order valence-electron chi connectivity index (χ0n) is 16.0. The largest absolute Gasteiger partial charge is 0.449 e. The Bertz CT molecular complexity index is 670. The van der Waals surface area contributed by atoms with Crippen LogP contribution in [0.4, 0.5) is 10.5 Å². The Morgan fingerprint density at radius 1 is 1.15 bits per heavy atom. The number of hydrogen-bond donors (Lipinski definition) is 1. The Hall–Kier alpha value is -1.50. The van der Waals surface area contributed by atoms with E-state index in [-0.39, 0.29) is 18.0 Å². The van der Waals surface area contributed by atoms with Crippen molar-refractivity contribution in [3.63, 3.8) is 0 Å². The Balaban J connectivity index is 1.90. The third-order valence-corrected chi connectivity index (χ3v) is 4.99. The van der Waals surface area contributed by atoms with E-state index in [1.807, 2.05) is 20.8 Å². The van der Waals surface area contributed by atoms with Crippen molar-refractivity contribution < 1.29 is 14.3 Å². The second kappa shape index (κ2) is 10.2. The topological polar surface area (TPSA) is 61.9 Å². The summed E-state index contributed by atoms with van der Waals surface area (Å²) in [6.45, 7) is 8.79. The fraction of sp³-hybridized carbons (Fsp3) is 0.579. The van der Waals surface area contributed by atoms with Gasteiger partial charge in [0.25, 0.3) is 0 Å². The predicted octanol–water partition coefficient (Wildman–Crippen LogP) is 4.12. The van der Waals surface area contributed by atoms with Gasteiger partial charge in [-0.05, 0) is 37.5 Å². The lowest BCUT2D eigenvalue weighted by atomic mass is 10.2. The number of nitrogens with one attached hydrogen (secondary N) is 1. The summed E-state index contributed by atoms with van der Waals surface area (Å²) in [6.07, 6.45) is 0.506. The standard InChI is InChI=1S/C19H27Cl2N3O3/c1-13(2)12-27-19(26)24-8-4-7-23(9-10-24)14(3)18(25)22-17-6-5-15(20)11-16(17)21/h5-6,11,13-14H,4,7-10,12H2,1-3H3,(H,22,25). The molecule has 27 heavy (non-hydrogen) atoms. The van der Waals surface area contributed by atoms with Gasteiger partial charge in [0, 0.05) is 31.2 Å². The number of hydrogen-bond acceptors (Lipinski definition) is 4. The minimum Gasteiger partial charge on any atom is -0.449 e. The van der Waals surface area contributed by atoms with Crippen molar-refractivity contribution in [2.45, 2.75) is 33.2 Å². The highest BCUT2D eigenvalue weighted by molar-refractivity contribution is 6.36. The van der Waals surface area contributed by atoms with E-state index in [1.165, 1.54) is 0 Å². The number of carbonyl (C=O) groups excluding carboxylic acids is 2. The van der Waals surface area contributed by atoms with Crippen LogP contribution in [0.25, 0.3) is 0 Å². The maximum Gasteiger partial charge on any atom is 0.409 e. The highest BCUT2D eigenvalue weighted by Gasteiger charge is 2.26. The van der Waals surface area contributed by atoms with Crippen LogP contribution in [0.2, 0.25) is 10.0 Å². The van der Waals surface area contributed by atoms with E-state index in [2.05, 4.69) is 10.2 Å². The predicted molar refractivity (Wildman–Crippen MR) is 109 cm³/mol. The first-order valence-electron chi connectivity index (χ1n) is 9.19. The molecule has 0 spiro atoms.